The molecule has 1 aromatic heterocycles. The fourth-order valence-electron chi connectivity index (χ4n) is 2.30. The van der Waals surface area contributed by atoms with Crippen LogP contribution in [0.1, 0.15) is 10.9 Å². The predicted octanol–water partition coefficient (Wildman–Crippen LogP) is 3.41. The average molecular weight is 273 g/mol. The fraction of sp³-hybridized carbons (Fsp3) is 0.154. The van der Waals surface area contributed by atoms with Crippen molar-refractivity contribution in [3.05, 3.63) is 40.8 Å². The van der Waals surface area contributed by atoms with Crippen LogP contribution in [0.4, 0.5) is 5.69 Å². The van der Waals surface area contributed by atoms with E-state index >= 15 is 0 Å². The molecule has 2 aliphatic heterocycles. The highest BCUT2D eigenvalue weighted by molar-refractivity contribution is 8.16. The monoisotopic (exact) mass is 273 g/mol. The van der Waals surface area contributed by atoms with E-state index in [-0.39, 0.29) is 6.04 Å². The minimum Gasteiger partial charge on any atom is -0.399 e. The molecule has 3 heterocycles. The number of rotatable bonds is 1. The zero-order chi connectivity index (χ0) is 12.1. The third-order valence-electron chi connectivity index (χ3n) is 3.18. The molecule has 0 fully saturated rings. The molecule has 0 radical (unpaired) electrons. The van der Waals surface area contributed by atoms with E-state index in [1.165, 1.54) is 15.0 Å². The summed E-state index contributed by atoms with van der Waals surface area (Å²) in [5, 5.41) is 4.43. The number of aliphatic imine (C=N–C) groups is 1. The number of fused-ring (bicyclic) bond motifs is 2. The second kappa shape index (κ2) is 3.76. The summed E-state index contributed by atoms with van der Waals surface area (Å²) in [6.07, 6.45) is 2.11. The lowest BCUT2D eigenvalue weighted by atomic mass is 10.2. The van der Waals surface area contributed by atoms with Gasteiger partial charge in [-0.05, 0) is 35.1 Å². The fourth-order valence-corrected chi connectivity index (χ4v) is 4.16. The van der Waals surface area contributed by atoms with Gasteiger partial charge in [-0.15, -0.1) is 11.3 Å². The molecule has 0 spiro atoms. The summed E-state index contributed by atoms with van der Waals surface area (Å²) >= 11 is 3.52. The molecule has 1 aromatic carbocycles. The molecule has 4 rings (SSSR count). The van der Waals surface area contributed by atoms with E-state index in [1.807, 2.05) is 23.5 Å². The van der Waals surface area contributed by atoms with Gasteiger partial charge in [0.2, 0.25) is 0 Å². The Morgan fingerprint density at radius 1 is 1.33 bits per heavy atom. The average Bonchev–Trinajstić information content (AvgIpc) is 2.99. The lowest BCUT2D eigenvalue weighted by Crippen LogP contribution is -2.15. The first-order valence-corrected chi connectivity index (χ1v) is 7.46. The molecule has 0 aliphatic carbocycles. The van der Waals surface area contributed by atoms with Crippen molar-refractivity contribution in [2.75, 3.05) is 12.3 Å². The van der Waals surface area contributed by atoms with Crippen LogP contribution in [0.2, 0.25) is 0 Å². The van der Waals surface area contributed by atoms with Crippen molar-refractivity contribution < 1.29 is 0 Å². The topological polar surface area (TPSA) is 41.6 Å². The van der Waals surface area contributed by atoms with Crippen LogP contribution in [0.25, 0.3) is 10.1 Å². The zero-order valence-electron chi connectivity index (χ0n) is 9.54. The van der Waals surface area contributed by atoms with Crippen LogP contribution in [-0.2, 0) is 0 Å². The van der Waals surface area contributed by atoms with Crippen LogP contribution in [0.5, 0.6) is 0 Å². The first kappa shape index (κ1) is 10.5. The van der Waals surface area contributed by atoms with E-state index in [9.17, 15) is 0 Å². The molecular formula is C13H11N3S2. The molecule has 0 saturated carbocycles. The maximum absolute atomic E-state index is 5.82. The summed E-state index contributed by atoms with van der Waals surface area (Å²) in [7, 11) is 0. The molecule has 90 valence electrons. The van der Waals surface area contributed by atoms with E-state index in [4.69, 9.17) is 10.7 Å². The number of hydrogen-bond acceptors (Lipinski definition) is 5. The van der Waals surface area contributed by atoms with Gasteiger partial charge in [0, 0.05) is 21.5 Å². The molecule has 3 nitrogen and oxygen atoms in total. The molecule has 2 aromatic rings. The van der Waals surface area contributed by atoms with Gasteiger partial charge in [0.05, 0.1) is 6.54 Å². The second-order valence-corrected chi connectivity index (χ2v) is 6.42. The third kappa shape index (κ3) is 1.54. The Labute approximate surface area is 113 Å². The minimum atomic E-state index is 0.274. The van der Waals surface area contributed by atoms with Crippen molar-refractivity contribution in [2.45, 2.75) is 6.04 Å². The molecule has 5 heteroatoms. The van der Waals surface area contributed by atoms with Gasteiger partial charge < -0.3 is 10.6 Å². The quantitative estimate of drug-likeness (QED) is 0.810. The van der Waals surface area contributed by atoms with Crippen molar-refractivity contribution in [3.8, 4) is 0 Å². The summed E-state index contributed by atoms with van der Waals surface area (Å²) in [5.74, 6) is 0. The van der Waals surface area contributed by atoms with E-state index in [2.05, 4.69) is 28.6 Å². The van der Waals surface area contributed by atoms with Crippen LogP contribution >= 0.6 is 23.1 Å². The van der Waals surface area contributed by atoms with E-state index in [1.54, 1.807) is 11.8 Å². The lowest BCUT2D eigenvalue weighted by Gasteiger charge is -2.08. The number of nitrogens with two attached hydrogens (primary N) is 1. The molecule has 0 saturated heterocycles. The Hall–Kier alpha value is -1.46. The minimum absolute atomic E-state index is 0.274. The Balaban J connectivity index is 1.73. The highest BCUT2D eigenvalue weighted by Crippen LogP contribution is 2.38. The lowest BCUT2D eigenvalue weighted by molar-refractivity contribution is 0.563. The number of thioether (sulfide) groups is 1. The smallest absolute Gasteiger partial charge is 0.168 e. The van der Waals surface area contributed by atoms with E-state index in [0.29, 0.717) is 0 Å². The molecule has 0 amide bonds. The molecule has 1 atom stereocenters. The van der Waals surface area contributed by atoms with Crippen LogP contribution in [-0.4, -0.2) is 16.6 Å². The highest BCUT2D eigenvalue weighted by atomic mass is 32.2. The van der Waals surface area contributed by atoms with Crippen LogP contribution in [0.3, 0.4) is 0 Å². The predicted molar refractivity (Wildman–Crippen MR) is 79.9 cm³/mol. The van der Waals surface area contributed by atoms with Gasteiger partial charge in [-0.2, -0.15) is 0 Å². The van der Waals surface area contributed by atoms with Crippen LogP contribution in [0.15, 0.2) is 40.9 Å². The number of thiophene rings is 1. The summed E-state index contributed by atoms with van der Waals surface area (Å²) in [4.78, 5) is 8.30. The summed E-state index contributed by atoms with van der Waals surface area (Å²) in [6.45, 7) is 0.959. The van der Waals surface area contributed by atoms with Gasteiger partial charge in [-0.1, -0.05) is 11.8 Å². The van der Waals surface area contributed by atoms with Gasteiger partial charge in [0.1, 0.15) is 6.04 Å². The Morgan fingerprint density at radius 2 is 2.28 bits per heavy atom. The molecule has 18 heavy (non-hydrogen) atoms. The second-order valence-electron chi connectivity index (χ2n) is 4.43. The summed E-state index contributed by atoms with van der Waals surface area (Å²) in [6, 6.07) is 8.59. The first-order chi connectivity index (χ1) is 8.79. The number of hydrogen-bond donors (Lipinski definition) is 1. The Kier molecular flexibility index (Phi) is 2.19. The third-order valence-corrected chi connectivity index (χ3v) is 5.21. The number of anilines is 1. The molecule has 1 unspecified atom stereocenters. The van der Waals surface area contributed by atoms with Crippen LogP contribution < -0.4 is 5.73 Å². The Morgan fingerprint density at radius 3 is 3.17 bits per heavy atom. The van der Waals surface area contributed by atoms with Crippen molar-refractivity contribution in [3.63, 3.8) is 0 Å². The molecular weight excluding hydrogens is 262 g/mol. The summed E-state index contributed by atoms with van der Waals surface area (Å²) in [5.41, 5.74) is 6.64. The van der Waals surface area contributed by atoms with Gasteiger partial charge in [-0.3, -0.25) is 4.99 Å². The van der Waals surface area contributed by atoms with Crippen molar-refractivity contribution in [2.24, 2.45) is 4.99 Å². The number of nitrogens with zero attached hydrogens (tertiary/aromatic N) is 2. The SMILES string of the molecule is Nc1ccc2sc(C3CN4C=CSC4=N3)cc2c1. The van der Waals surface area contributed by atoms with Gasteiger partial charge in [-0.25, -0.2) is 0 Å². The van der Waals surface area contributed by atoms with Crippen LogP contribution in [0, 0.1) is 0 Å². The van der Waals surface area contributed by atoms with Gasteiger partial charge in [0.25, 0.3) is 0 Å². The first-order valence-electron chi connectivity index (χ1n) is 5.76. The number of benzene rings is 1. The maximum Gasteiger partial charge on any atom is 0.168 e. The van der Waals surface area contributed by atoms with E-state index in [0.717, 1.165) is 17.4 Å². The number of nitrogen functional groups attached to an aromatic ring is 1. The Bertz CT molecular complexity index is 687. The standard InChI is InChI=1S/C13H11N3S2/c14-9-1-2-11-8(5-9)6-12(18-11)10-7-16-3-4-17-13(16)15-10/h1-6,10H,7,14H2. The number of amidine groups is 1. The molecule has 0 bridgehead atoms. The molecule has 2 aliphatic rings. The van der Waals surface area contributed by atoms with Gasteiger partial charge >= 0.3 is 0 Å². The maximum atomic E-state index is 5.82. The van der Waals surface area contributed by atoms with Crippen molar-refractivity contribution >= 4 is 44.0 Å². The highest BCUT2D eigenvalue weighted by Gasteiger charge is 2.28. The summed E-state index contributed by atoms with van der Waals surface area (Å²) < 4.78 is 1.29. The largest absolute Gasteiger partial charge is 0.399 e. The van der Waals surface area contributed by atoms with Crippen molar-refractivity contribution in [1.82, 2.24) is 4.90 Å². The normalized spacial score (nSPS) is 21.7. The van der Waals surface area contributed by atoms with E-state index < -0.39 is 0 Å². The van der Waals surface area contributed by atoms with Gasteiger partial charge in [0.15, 0.2) is 5.17 Å². The zero-order valence-corrected chi connectivity index (χ0v) is 11.2. The molecule has 2 N–H and O–H groups in total. The van der Waals surface area contributed by atoms with Crippen molar-refractivity contribution in [1.29, 1.82) is 0 Å².